The van der Waals surface area contributed by atoms with E-state index in [9.17, 15) is 9.90 Å². The minimum atomic E-state index is -0.847. The zero-order valence-corrected chi connectivity index (χ0v) is 18.2. The third kappa shape index (κ3) is 4.68. The van der Waals surface area contributed by atoms with Crippen LogP contribution in [-0.4, -0.2) is 48.3 Å². The number of benzene rings is 2. The van der Waals surface area contributed by atoms with Crippen LogP contribution in [0.1, 0.15) is 28.5 Å². The van der Waals surface area contributed by atoms with Gasteiger partial charge >= 0.3 is 0 Å². The van der Waals surface area contributed by atoms with Crippen molar-refractivity contribution in [2.45, 2.75) is 19.1 Å². The molecule has 0 saturated heterocycles. The second-order valence-corrected chi connectivity index (χ2v) is 7.55. The molecule has 0 radical (unpaired) electrons. The molecule has 2 aromatic carbocycles. The van der Waals surface area contributed by atoms with E-state index in [1.165, 1.54) is 0 Å². The molecule has 0 fully saturated rings. The third-order valence-corrected chi connectivity index (χ3v) is 5.50. The van der Waals surface area contributed by atoms with Gasteiger partial charge < -0.3 is 24.2 Å². The van der Waals surface area contributed by atoms with Crippen molar-refractivity contribution in [2.24, 2.45) is 0 Å². The van der Waals surface area contributed by atoms with E-state index in [1.807, 2.05) is 42.5 Å². The highest BCUT2D eigenvalue weighted by atomic mass is 16.5. The zero-order chi connectivity index (χ0) is 22.5. The molecule has 1 aliphatic heterocycles. The molecule has 1 N–H and O–H groups in total. The van der Waals surface area contributed by atoms with Crippen molar-refractivity contribution < 1.29 is 24.1 Å². The highest BCUT2D eigenvalue weighted by Crippen LogP contribution is 2.30. The van der Waals surface area contributed by atoms with E-state index in [-0.39, 0.29) is 12.3 Å². The van der Waals surface area contributed by atoms with Crippen LogP contribution in [0.25, 0.3) is 0 Å². The van der Waals surface area contributed by atoms with Crippen LogP contribution in [0.5, 0.6) is 17.2 Å². The molecule has 2 heterocycles. The normalized spacial score (nSPS) is 14.0. The van der Waals surface area contributed by atoms with Gasteiger partial charge in [-0.1, -0.05) is 18.2 Å². The minimum absolute atomic E-state index is 0.00986. The number of carbonyl (C=O) groups excluding carboxylic acids is 1. The van der Waals surface area contributed by atoms with Gasteiger partial charge in [-0.2, -0.15) is 0 Å². The number of hydrogen-bond acceptors (Lipinski definition) is 6. The van der Waals surface area contributed by atoms with Crippen molar-refractivity contribution in [3.63, 3.8) is 0 Å². The standard InChI is InChI=1S/C25H26N2O5/c1-30-22-8-6-17(13-23(22)31-2)14-24(28)27-11-12-32-21-9-7-18(15-19(21)16-27)25(29)20-5-3-4-10-26-20/h3-10,13,15,25,29H,11-12,14,16H2,1-2H3/t25-/m1/s1. The van der Waals surface area contributed by atoms with Gasteiger partial charge in [0, 0.05) is 18.3 Å². The van der Waals surface area contributed by atoms with Crippen LogP contribution in [0.3, 0.4) is 0 Å². The van der Waals surface area contributed by atoms with Gasteiger partial charge in [0.2, 0.25) is 5.91 Å². The first-order valence-electron chi connectivity index (χ1n) is 10.4. The van der Waals surface area contributed by atoms with Crippen LogP contribution < -0.4 is 14.2 Å². The molecule has 3 aromatic rings. The fourth-order valence-electron chi connectivity index (χ4n) is 3.78. The van der Waals surface area contributed by atoms with E-state index in [2.05, 4.69) is 4.98 Å². The van der Waals surface area contributed by atoms with Crippen LogP contribution in [0.2, 0.25) is 0 Å². The Hall–Kier alpha value is -3.58. The Kier molecular flexibility index (Phi) is 6.56. The molecule has 1 amide bonds. The Morgan fingerprint density at radius 1 is 1.12 bits per heavy atom. The largest absolute Gasteiger partial charge is 0.493 e. The van der Waals surface area contributed by atoms with Crippen LogP contribution >= 0.6 is 0 Å². The SMILES string of the molecule is COc1ccc(CC(=O)N2CCOc3ccc([C@@H](O)c4ccccn4)cc3C2)cc1OC. The lowest BCUT2D eigenvalue weighted by Gasteiger charge is -2.21. The Morgan fingerprint density at radius 2 is 1.97 bits per heavy atom. The van der Waals surface area contributed by atoms with Crippen molar-refractivity contribution in [3.8, 4) is 17.2 Å². The summed E-state index contributed by atoms with van der Waals surface area (Å²) in [6.45, 7) is 1.30. The molecule has 7 heteroatoms. The van der Waals surface area contributed by atoms with Crippen LogP contribution in [-0.2, 0) is 17.8 Å². The van der Waals surface area contributed by atoms with E-state index in [0.29, 0.717) is 42.5 Å². The molecule has 32 heavy (non-hydrogen) atoms. The second kappa shape index (κ2) is 9.70. The number of methoxy groups -OCH3 is 2. The summed E-state index contributed by atoms with van der Waals surface area (Å²) in [4.78, 5) is 19.1. The van der Waals surface area contributed by atoms with E-state index in [0.717, 1.165) is 16.9 Å². The molecule has 0 aliphatic carbocycles. The summed E-state index contributed by atoms with van der Waals surface area (Å²) in [5.74, 6) is 1.93. The van der Waals surface area contributed by atoms with Gasteiger partial charge in [-0.3, -0.25) is 9.78 Å². The molecule has 1 atom stereocenters. The van der Waals surface area contributed by atoms with Gasteiger partial charge in [-0.15, -0.1) is 0 Å². The number of nitrogens with zero attached hydrogens (tertiary/aromatic N) is 2. The first-order chi connectivity index (χ1) is 15.6. The van der Waals surface area contributed by atoms with Crippen LogP contribution in [0, 0.1) is 0 Å². The number of carbonyl (C=O) groups is 1. The molecule has 1 aliphatic rings. The first kappa shape index (κ1) is 21.6. The third-order valence-electron chi connectivity index (χ3n) is 5.50. The topological polar surface area (TPSA) is 81.1 Å². The lowest BCUT2D eigenvalue weighted by Crippen LogP contribution is -2.33. The lowest BCUT2D eigenvalue weighted by atomic mass is 10.0. The van der Waals surface area contributed by atoms with Crippen LogP contribution in [0.15, 0.2) is 60.8 Å². The number of fused-ring (bicyclic) bond motifs is 1. The maximum Gasteiger partial charge on any atom is 0.227 e. The van der Waals surface area contributed by atoms with Crippen molar-refractivity contribution in [3.05, 3.63) is 83.2 Å². The van der Waals surface area contributed by atoms with Gasteiger partial charge in [0.05, 0.1) is 32.9 Å². The number of amides is 1. The van der Waals surface area contributed by atoms with Gasteiger partial charge in [-0.05, 0) is 47.5 Å². The predicted octanol–water partition coefficient (Wildman–Crippen LogP) is 3.14. The van der Waals surface area contributed by atoms with Gasteiger partial charge in [-0.25, -0.2) is 0 Å². The van der Waals surface area contributed by atoms with E-state index < -0.39 is 6.10 Å². The molecule has 4 rings (SSSR count). The molecule has 0 saturated carbocycles. The number of rotatable bonds is 6. The Bertz CT molecular complexity index is 1090. The molecule has 0 spiro atoms. The lowest BCUT2D eigenvalue weighted by molar-refractivity contribution is -0.131. The van der Waals surface area contributed by atoms with Crippen molar-refractivity contribution >= 4 is 5.91 Å². The summed E-state index contributed by atoms with van der Waals surface area (Å²) >= 11 is 0. The van der Waals surface area contributed by atoms with Gasteiger partial charge in [0.15, 0.2) is 11.5 Å². The highest BCUT2D eigenvalue weighted by molar-refractivity contribution is 5.79. The number of ether oxygens (including phenoxy) is 3. The van der Waals surface area contributed by atoms with Gasteiger partial charge in [0.25, 0.3) is 0 Å². The van der Waals surface area contributed by atoms with Crippen molar-refractivity contribution in [1.29, 1.82) is 0 Å². The highest BCUT2D eigenvalue weighted by Gasteiger charge is 2.22. The molecule has 1 aromatic heterocycles. The summed E-state index contributed by atoms with van der Waals surface area (Å²) < 4.78 is 16.5. The fourth-order valence-corrected chi connectivity index (χ4v) is 3.78. The van der Waals surface area contributed by atoms with Crippen LogP contribution in [0.4, 0.5) is 0 Å². The molecule has 166 valence electrons. The summed E-state index contributed by atoms with van der Waals surface area (Å²) in [6.07, 6.45) is 1.05. The average Bonchev–Trinajstić information content (AvgIpc) is 3.06. The zero-order valence-electron chi connectivity index (χ0n) is 18.2. The Morgan fingerprint density at radius 3 is 2.72 bits per heavy atom. The number of hydrogen-bond donors (Lipinski definition) is 1. The predicted molar refractivity (Wildman–Crippen MR) is 119 cm³/mol. The van der Waals surface area contributed by atoms with E-state index >= 15 is 0 Å². The Balaban J connectivity index is 1.52. The molecular weight excluding hydrogens is 408 g/mol. The number of aromatic nitrogens is 1. The first-order valence-corrected chi connectivity index (χ1v) is 10.4. The smallest absolute Gasteiger partial charge is 0.227 e. The molecule has 7 nitrogen and oxygen atoms in total. The average molecular weight is 434 g/mol. The van der Waals surface area contributed by atoms with Crippen molar-refractivity contribution in [2.75, 3.05) is 27.4 Å². The molecular formula is C25H26N2O5. The summed E-state index contributed by atoms with van der Waals surface area (Å²) in [7, 11) is 3.15. The number of pyridine rings is 1. The second-order valence-electron chi connectivity index (χ2n) is 7.55. The summed E-state index contributed by atoms with van der Waals surface area (Å²) in [5, 5.41) is 10.7. The summed E-state index contributed by atoms with van der Waals surface area (Å²) in [5.41, 5.74) is 2.98. The number of aliphatic hydroxyl groups excluding tert-OH is 1. The van der Waals surface area contributed by atoms with Crippen molar-refractivity contribution in [1.82, 2.24) is 9.88 Å². The van der Waals surface area contributed by atoms with Gasteiger partial charge in [0.1, 0.15) is 18.5 Å². The van der Waals surface area contributed by atoms with E-state index in [4.69, 9.17) is 14.2 Å². The Labute approximate surface area is 187 Å². The summed E-state index contributed by atoms with van der Waals surface area (Å²) in [6, 6.07) is 16.5. The maximum absolute atomic E-state index is 13.1. The maximum atomic E-state index is 13.1. The quantitative estimate of drug-likeness (QED) is 0.642. The van der Waals surface area contributed by atoms with E-state index in [1.54, 1.807) is 37.4 Å². The monoisotopic (exact) mass is 434 g/mol. The molecule has 0 unspecified atom stereocenters. The number of aliphatic hydroxyl groups is 1. The minimum Gasteiger partial charge on any atom is -0.493 e. The molecule has 0 bridgehead atoms. The fraction of sp³-hybridized carbons (Fsp3) is 0.280.